The first-order chi connectivity index (χ1) is 12.1. The number of nitrogens with one attached hydrogen (secondary N) is 1. The fourth-order valence-electron chi connectivity index (χ4n) is 3.11. The summed E-state index contributed by atoms with van der Waals surface area (Å²) < 4.78 is 5.36. The van der Waals surface area contributed by atoms with Gasteiger partial charge in [-0.3, -0.25) is 9.69 Å². The zero-order valence-corrected chi connectivity index (χ0v) is 15.2. The first kappa shape index (κ1) is 18.0. The number of carbonyl (C=O) groups is 1. The predicted molar refractivity (Wildman–Crippen MR) is 95.9 cm³/mol. The minimum absolute atomic E-state index is 0.00479. The molecule has 2 saturated heterocycles. The summed E-state index contributed by atoms with van der Waals surface area (Å²) in [5, 5.41) is 3.33. The molecule has 2 aliphatic rings. The van der Waals surface area contributed by atoms with Gasteiger partial charge >= 0.3 is 0 Å². The third-order valence-corrected chi connectivity index (χ3v) is 4.69. The van der Waals surface area contributed by atoms with Crippen LogP contribution in [0.4, 0.5) is 5.82 Å². The van der Waals surface area contributed by atoms with Gasteiger partial charge in [0.25, 0.3) is 5.91 Å². The molecule has 0 aromatic carbocycles. The number of aromatic nitrogens is 2. The Hall–Kier alpha value is -1.77. The Balaban J connectivity index is 1.56. The number of ether oxygens (including phenoxy) is 1. The molecule has 1 amide bonds. The molecule has 0 atom stereocenters. The summed E-state index contributed by atoms with van der Waals surface area (Å²) in [6, 6.07) is 1.77. The molecule has 0 radical (unpaired) electrons. The second kappa shape index (κ2) is 8.55. The summed E-state index contributed by atoms with van der Waals surface area (Å²) in [6.07, 6.45) is 0. The summed E-state index contributed by atoms with van der Waals surface area (Å²) in [6.45, 7) is 10.4. The number of nitrogens with zero attached hydrogens (tertiary/aromatic N) is 5. The highest BCUT2D eigenvalue weighted by Gasteiger charge is 2.22. The van der Waals surface area contributed by atoms with Crippen LogP contribution < -0.4 is 5.32 Å². The normalized spacial score (nSPS) is 19.8. The van der Waals surface area contributed by atoms with Crippen LogP contribution in [0.25, 0.3) is 0 Å². The Morgan fingerprint density at radius 3 is 2.60 bits per heavy atom. The van der Waals surface area contributed by atoms with Gasteiger partial charge in [-0.2, -0.15) is 0 Å². The molecule has 25 heavy (non-hydrogen) atoms. The number of anilines is 1. The molecule has 0 bridgehead atoms. The second-order valence-electron chi connectivity index (χ2n) is 6.66. The van der Waals surface area contributed by atoms with Gasteiger partial charge < -0.3 is 19.9 Å². The molecule has 2 aliphatic heterocycles. The smallest absolute Gasteiger partial charge is 0.272 e. The van der Waals surface area contributed by atoms with E-state index in [4.69, 9.17) is 4.74 Å². The quantitative estimate of drug-likeness (QED) is 0.798. The monoisotopic (exact) mass is 348 g/mol. The van der Waals surface area contributed by atoms with Crippen LogP contribution in [0.15, 0.2) is 6.07 Å². The van der Waals surface area contributed by atoms with Crippen LogP contribution in [-0.2, 0) is 4.74 Å². The van der Waals surface area contributed by atoms with Crippen molar-refractivity contribution in [2.24, 2.45) is 0 Å². The van der Waals surface area contributed by atoms with Crippen LogP contribution >= 0.6 is 0 Å². The number of rotatable bonds is 5. The molecule has 3 heterocycles. The Kier molecular flexibility index (Phi) is 6.17. The molecule has 138 valence electrons. The van der Waals surface area contributed by atoms with Gasteiger partial charge in [-0.25, -0.2) is 9.97 Å². The molecular formula is C17H28N6O2. The van der Waals surface area contributed by atoms with E-state index in [1.807, 2.05) is 11.8 Å². The molecule has 8 nitrogen and oxygen atoms in total. The molecule has 0 saturated carbocycles. The van der Waals surface area contributed by atoms with E-state index in [9.17, 15) is 4.79 Å². The predicted octanol–water partition coefficient (Wildman–Crippen LogP) is -0.0833. The van der Waals surface area contributed by atoms with Gasteiger partial charge in [-0.05, 0) is 14.0 Å². The Bertz CT molecular complexity index is 583. The van der Waals surface area contributed by atoms with Crippen molar-refractivity contribution in [3.05, 3.63) is 17.6 Å². The maximum absolute atomic E-state index is 12.7. The summed E-state index contributed by atoms with van der Waals surface area (Å²) in [5.74, 6) is 1.34. The highest BCUT2D eigenvalue weighted by Crippen LogP contribution is 2.11. The second-order valence-corrected chi connectivity index (χ2v) is 6.66. The van der Waals surface area contributed by atoms with Crippen molar-refractivity contribution in [3.63, 3.8) is 0 Å². The number of likely N-dealkylation sites (N-methyl/N-ethyl adjacent to an activating group) is 1. The number of hydrogen-bond donors (Lipinski definition) is 1. The van der Waals surface area contributed by atoms with E-state index in [0.29, 0.717) is 11.5 Å². The van der Waals surface area contributed by atoms with E-state index in [1.165, 1.54) is 0 Å². The van der Waals surface area contributed by atoms with E-state index in [1.54, 1.807) is 6.07 Å². The topological polar surface area (TPSA) is 73.8 Å². The van der Waals surface area contributed by atoms with E-state index in [2.05, 4.69) is 32.1 Å². The lowest BCUT2D eigenvalue weighted by Crippen LogP contribution is -2.47. The minimum atomic E-state index is -0.00479. The van der Waals surface area contributed by atoms with E-state index >= 15 is 0 Å². The fraction of sp³-hybridized carbons (Fsp3) is 0.706. The van der Waals surface area contributed by atoms with Crippen LogP contribution in [0, 0.1) is 6.92 Å². The number of amides is 1. The zero-order valence-electron chi connectivity index (χ0n) is 15.2. The maximum atomic E-state index is 12.7. The lowest BCUT2D eigenvalue weighted by Gasteiger charge is -2.32. The lowest BCUT2D eigenvalue weighted by molar-refractivity contribution is 0.0398. The van der Waals surface area contributed by atoms with Crippen LogP contribution in [0.3, 0.4) is 0 Å². The number of piperazine rings is 1. The summed E-state index contributed by atoms with van der Waals surface area (Å²) >= 11 is 0. The van der Waals surface area contributed by atoms with Gasteiger partial charge in [-0.1, -0.05) is 0 Å². The van der Waals surface area contributed by atoms with E-state index in [0.717, 1.165) is 71.4 Å². The first-order valence-corrected chi connectivity index (χ1v) is 8.99. The van der Waals surface area contributed by atoms with Gasteiger partial charge in [0.05, 0.1) is 13.2 Å². The molecular weight excluding hydrogens is 320 g/mol. The van der Waals surface area contributed by atoms with Crippen molar-refractivity contribution < 1.29 is 9.53 Å². The van der Waals surface area contributed by atoms with E-state index < -0.39 is 0 Å². The molecule has 1 aromatic heterocycles. The Morgan fingerprint density at radius 1 is 1.16 bits per heavy atom. The molecule has 0 unspecified atom stereocenters. The largest absolute Gasteiger partial charge is 0.379 e. The molecule has 0 aliphatic carbocycles. The van der Waals surface area contributed by atoms with Crippen molar-refractivity contribution in [1.82, 2.24) is 24.7 Å². The molecule has 0 spiro atoms. The van der Waals surface area contributed by atoms with Crippen molar-refractivity contribution in [3.8, 4) is 0 Å². The minimum Gasteiger partial charge on any atom is -0.379 e. The molecule has 1 aromatic rings. The molecule has 2 fully saturated rings. The average molecular weight is 348 g/mol. The first-order valence-electron chi connectivity index (χ1n) is 8.99. The van der Waals surface area contributed by atoms with Crippen LogP contribution in [-0.4, -0.2) is 103 Å². The number of carbonyl (C=O) groups excluding carboxylic acids is 1. The van der Waals surface area contributed by atoms with Crippen molar-refractivity contribution in [2.45, 2.75) is 6.92 Å². The van der Waals surface area contributed by atoms with E-state index in [-0.39, 0.29) is 5.91 Å². The SMILES string of the molecule is Cc1nc(NCCN2CCOCC2)cc(C(=O)N2CCN(C)CC2)n1. The van der Waals surface area contributed by atoms with Crippen LogP contribution in [0.1, 0.15) is 16.3 Å². The van der Waals surface area contributed by atoms with Crippen LogP contribution in [0.2, 0.25) is 0 Å². The van der Waals surface area contributed by atoms with Gasteiger partial charge in [-0.15, -0.1) is 0 Å². The average Bonchev–Trinajstić information content (AvgIpc) is 2.62. The highest BCUT2D eigenvalue weighted by atomic mass is 16.5. The standard InChI is InChI=1S/C17H28N6O2/c1-14-19-15(17(24)23-7-5-21(2)6-8-23)13-16(20-14)18-3-4-22-9-11-25-12-10-22/h13H,3-12H2,1-2H3,(H,18,19,20). The van der Waals surface area contributed by atoms with Gasteiger partial charge in [0.15, 0.2) is 0 Å². The van der Waals surface area contributed by atoms with Crippen molar-refractivity contribution in [1.29, 1.82) is 0 Å². The third-order valence-electron chi connectivity index (χ3n) is 4.69. The van der Waals surface area contributed by atoms with Gasteiger partial charge in [0, 0.05) is 58.4 Å². The lowest BCUT2D eigenvalue weighted by atomic mass is 10.2. The highest BCUT2D eigenvalue weighted by molar-refractivity contribution is 5.93. The van der Waals surface area contributed by atoms with Crippen LogP contribution in [0.5, 0.6) is 0 Å². The van der Waals surface area contributed by atoms with Gasteiger partial charge in [0.1, 0.15) is 17.3 Å². The molecule has 8 heteroatoms. The molecule has 1 N–H and O–H groups in total. The Morgan fingerprint density at radius 2 is 1.88 bits per heavy atom. The van der Waals surface area contributed by atoms with Crippen molar-refractivity contribution >= 4 is 11.7 Å². The fourth-order valence-corrected chi connectivity index (χ4v) is 3.11. The van der Waals surface area contributed by atoms with Gasteiger partial charge in [0.2, 0.25) is 0 Å². The number of hydrogen-bond acceptors (Lipinski definition) is 7. The summed E-state index contributed by atoms with van der Waals surface area (Å²) in [5.41, 5.74) is 0.478. The molecule has 3 rings (SSSR count). The summed E-state index contributed by atoms with van der Waals surface area (Å²) in [4.78, 5) is 27.9. The Labute approximate surface area is 149 Å². The van der Waals surface area contributed by atoms with Crippen molar-refractivity contribution in [2.75, 3.05) is 77.9 Å². The third kappa shape index (κ3) is 5.10. The number of morpholine rings is 1. The maximum Gasteiger partial charge on any atom is 0.272 e. The zero-order chi connectivity index (χ0) is 17.6. The summed E-state index contributed by atoms with van der Waals surface area (Å²) in [7, 11) is 2.08. The number of aryl methyl sites for hydroxylation is 1.